The number of furan rings is 1. The number of nitrogens with zero attached hydrogens (tertiary/aromatic N) is 1. The minimum absolute atomic E-state index is 0.899. The zero-order chi connectivity index (χ0) is 41.7. The molecule has 2 heterocycles. The SMILES string of the molecule is c1ccc(-c2ccccc2-c2c(-c3ccccc3)cccc2N(c2ccc(-c3cccc4c3oc3ccccc34)cc2)c2cccc(-c3cccc4c3sc3ccccc34)c2)cc1. The topological polar surface area (TPSA) is 16.4 Å². The fourth-order valence-corrected chi connectivity index (χ4v) is 10.7. The van der Waals surface area contributed by atoms with Crippen LogP contribution in [0.5, 0.6) is 0 Å². The fraction of sp³-hybridized carbons (Fsp3) is 0. The van der Waals surface area contributed by atoms with E-state index < -0.39 is 0 Å². The van der Waals surface area contributed by atoms with Crippen molar-refractivity contribution in [2.45, 2.75) is 0 Å². The van der Waals surface area contributed by atoms with Crippen LogP contribution < -0.4 is 4.90 Å². The molecule has 0 bridgehead atoms. The van der Waals surface area contributed by atoms with Gasteiger partial charge in [0, 0.05) is 53.4 Å². The molecule has 0 unspecified atom stereocenters. The number of anilines is 3. The van der Waals surface area contributed by atoms with Gasteiger partial charge in [-0.3, -0.25) is 0 Å². The van der Waals surface area contributed by atoms with E-state index >= 15 is 0 Å². The van der Waals surface area contributed by atoms with E-state index in [9.17, 15) is 0 Å². The van der Waals surface area contributed by atoms with Crippen LogP contribution in [0.2, 0.25) is 0 Å². The molecule has 0 spiro atoms. The van der Waals surface area contributed by atoms with Gasteiger partial charge in [-0.2, -0.15) is 0 Å². The molecule has 2 aromatic heterocycles. The second-order valence-electron chi connectivity index (χ2n) is 16.0. The van der Waals surface area contributed by atoms with E-state index in [4.69, 9.17) is 4.42 Å². The Balaban J connectivity index is 1.09. The Kier molecular flexibility index (Phi) is 9.06. The van der Waals surface area contributed by atoms with Crippen LogP contribution in [0.1, 0.15) is 0 Å². The van der Waals surface area contributed by atoms with Gasteiger partial charge in [0.25, 0.3) is 0 Å². The summed E-state index contributed by atoms with van der Waals surface area (Å²) in [7, 11) is 0. The fourth-order valence-electron chi connectivity index (χ4n) is 9.42. The lowest BCUT2D eigenvalue weighted by Gasteiger charge is -2.30. The molecule has 0 fully saturated rings. The smallest absolute Gasteiger partial charge is 0.143 e. The Labute approximate surface area is 370 Å². The molecule has 0 radical (unpaired) electrons. The maximum absolute atomic E-state index is 6.52. The molecule has 12 aromatic rings. The number of para-hydroxylation sites is 2. The summed E-state index contributed by atoms with van der Waals surface area (Å²) in [6.07, 6.45) is 0. The highest BCUT2D eigenvalue weighted by atomic mass is 32.1. The number of fused-ring (bicyclic) bond motifs is 6. The van der Waals surface area contributed by atoms with Crippen molar-refractivity contribution in [3.05, 3.63) is 237 Å². The van der Waals surface area contributed by atoms with E-state index in [0.717, 1.165) is 61.3 Å². The third kappa shape index (κ3) is 6.41. The van der Waals surface area contributed by atoms with Crippen LogP contribution in [-0.2, 0) is 0 Å². The van der Waals surface area contributed by atoms with Crippen LogP contribution in [0, 0.1) is 0 Å². The summed E-state index contributed by atoms with van der Waals surface area (Å²) in [5.74, 6) is 0. The summed E-state index contributed by atoms with van der Waals surface area (Å²) in [6, 6.07) is 85.4. The van der Waals surface area contributed by atoms with Crippen molar-refractivity contribution in [3.63, 3.8) is 0 Å². The van der Waals surface area contributed by atoms with Crippen LogP contribution in [-0.4, -0.2) is 0 Å². The number of hydrogen-bond donors (Lipinski definition) is 0. The summed E-state index contributed by atoms with van der Waals surface area (Å²) in [5, 5.41) is 4.85. The Morgan fingerprint density at radius 2 is 0.889 bits per heavy atom. The first-order chi connectivity index (χ1) is 31.3. The summed E-state index contributed by atoms with van der Waals surface area (Å²) >= 11 is 1.87. The summed E-state index contributed by atoms with van der Waals surface area (Å²) in [5.41, 5.74) is 16.6. The summed E-state index contributed by atoms with van der Waals surface area (Å²) < 4.78 is 9.12. The van der Waals surface area contributed by atoms with E-state index in [1.807, 2.05) is 23.5 Å². The van der Waals surface area contributed by atoms with Crippen LogP contribution >= 0.6 is 11.3 Å². The van der Waals surface area contributed by atoms with Crippen LogP contribution in [0.25, 0.3) is 97.7 Å². The molecule has 10 aromatic carbocycles. The first-order valence-corrected chi connectivity index (χ1v) is 22.2. The van der Waals surface area contributed by atoms with Crippen molar-refractivity contribution in [2.75, 3.05) is 4.90 Å². The maximum Gasteiger partial charge on any atom is 0.143 e. The molecule has 0 atom stereocenters. The van der Waals surface area contributed by atoms with Gasteiger partial charge in [-0.25, -0.2) is 0 Å². The van der Waals surface area contributed by atoms with Gasteiger partial charge in [-0.15, -0.1) is 11.3 Å². The average molecular weight is 822 g/mol. The highest BCUT2D eigenvalue weighted by molar-refractivity contribution is 7.26. The van der Waals surface area contributed by atoms with Gasteiger partial charge in [0.05, 0.1) is 5.69 Å². The van der Waals surface area contributed by atoms with Crippen molar-refractivity contribution >= 4 is 70.5 Å². The van der Waals surface area contributed by atoms with Gasteiger partial charge < -0.3 is 9.32 Å². The molecule has 0 N–H and O–H groups in total. The second kappa shape index (κ2) is 15.5. The first-order valence-electron chi connectivity index (χ1n) is 21.4. The monoisotopic (exact) mass is 821 g/mol. The largest absolute Gasteiger partial charge is 0.455 e. The van der Waals surface area contributed by atoms with Gasteiger partial charge in [0.2, 0.25) is 0 Å². The Morgan fingerprint density at radius 3 is 1.70 bits per heavy atom. The first kappa shape index (κ1) is 36.8. The van der Waals surface area contributed by atoms with Crippen LogP contribution in [0.4, 0.5) is 17.1 Å². The van der Waals surface area contributed by atoms with Crippen molar-refractivity contribution in [2.24, 2.45) is 0 Å². The molecule has 0 saturated carbocycles. The summed E-state index contributed by atoms with van der Waals surface area (Å²) in [4.78, 5) is 2.45. The number of hydrogen-bond acceptors (Lipinski definition) is 3. The van der Waals surface area contributed by atoms with Crippen LogP contribution in [0.3, 0.4) is 0 Å². The normalized spacial score (nSPS) is 11.5. The lowest BCUT2D eigenvalue weighted by molar-refractivity contribution is 0.670. The molecule has 3 heteroatoms. The van der Waals surface area contributed by atoms with E-state index in [0.29, 0.717) is 0 Å². The molecule has 2 nitrogen and oxygen atoms in total. The Hall–Kier alpha value is -7.98. The molecule has 63 heavy (non-hydrogen) atoms. The Bertz CT molecular complexity index is 3620. The molecule has 296 valence electrons. The maximum atomic E-state index is 6.52. The number of rotatable bonds is 8. The third-order valence-corrected chi connectivity index (χ3v) is 13.5. The van der Waals surface area contributed by atoms with Gasteiger partial charge in [0.15, 0.2) is 0 Å². The van der Waals surface area contributed by atoms with Crippen molar-refractivity contribution in [1.29, 1.82) is 0 Å². The minimum Gasteiger partial charge on any atom is -0.455 e. The zero-order valence-corrected chi connectivity index (χ0v) is 35.1. The van der Waals surface area contributed by atoms with E-state index in [1.54, 1.807) is 0 Å². The quantitative estimate of drug-likeness (QED) is 0.152. The van der Waals surface area contributed by atoms with Gasteiger partial charge in [-0.05, 0) is 87.0 Å². The lowest BCUT2D eigenvalue weighted by atomic mass is 9.87. The molecule has 12 rings (SSSR count). The highest BCUT2D eigenvalue weighted by Gasteiger charge is 2.24. The van der Waals surface area contributed by atoms with Crippen molar-refractivity contribution in [3.8, 4) is 55.6 Å². The van der Waals surface area contributed by atoms with Crippen LogP contribution in [0.15, 0.2) is 241 Å². The van der Waals surface area contributed by atoms with Gasteiger partial charge >= 0.3 is 0 Å². The van der Waals surface area contributed by atoms with Gasteiger partial charge in [0.1, 0.15) is 11.2 Å². The van der Waals surface area contributed by atoms with Crippen molar-refractivity contribution in [1.82, 2.24) is 0 Å². The predicted octanol–water partition coefficient (Wildman–Crippen LogP) is 17.8. The molecule has 0 aliphatic carbocycles. The predicted molar refractivity (Wildman–Crippen MR) is 268 cm³/mol. The second-order valence-corrected chi connectivity index (χ2v) is 17.0. The van der Waals surface area contributed by atoms with Gasteiger partial charge in [-0.1, -0.05) is 194 Å². The zero-order valence-electron chi connectivity index (χ0n) is 34.3. The van der Waals surface area contributed by atoms with E-state index in [-0.39, 0.29) is 0 Å². The molecule has 0 amide bonds. The van der Waals surface area contributed by atoms with E-state index in [2.05, 4.69) is 229 Å². The molecule has 0 aliphatic heterocycles. The van der Waals surface area contributed by atoms with Crippen molar-refractivity contribution < 1.29 is 4.42 Å². The summed E-state index contributed by atoms with van der Waals surface area (Å²) in [6.45, 7) is 0. The third-order valence-electron chi connectivity index (χ3n) is 12.3. The molecule has 0 aliphatic rings. The standard InChI is InChI=1S/C60H39NOS/c1-3-17-40(18-4-1)46-23-7-8-26-52(46)58-47(41-19-5-2-6-20-41)27-16-32-55(58)61(44-37-35-42(36-38-44)48-28-14-30-53-50-24-9-11-33-56(50)62-59(48)53)45-22-13-21-43(39-45)49-29-15-31-54-51-25-10-12-34-57(51)63-60(49)54/h1-39H. The average Bonchev–Trinajstić information content (AvgIpc) is 3.94. The number of benzene rings is 10. The molecule has 0 saturated heterocycles. The highest BCUT2D eigenvalue weighted by Crippen LogP contribution is 2.49. The lowest BCUT2D eigenvalue weighted by Crippen LogP contribution is -2.12. The van der Waals surface area contributed by atoms with E-state index in [1.165, 1.54) is 53.6 Å². The minimum atomic E-state index is 0.899. The molecular weight excluding hydrogens is 783 g/mol. The Morgan fingerprint density at radius 1 is 0.333 bits per heavy atom. The molecular formula is C60H39NOS. The number of thiophene rings is 1.